The third kappa shape index (κ3) is 3.85. The van der Waals surface area contributed by atoms with Gasteiger partial charge in [-0.2, -0.15) is 12.6 Å². The van der Waals surface area contributed by atoms with E-state index in [-0.39, 0.29) is 20.9 Å². The van der Waals surface area contributed by atoms with E-state index < -0.39 is 31.4 Å². The lowest BCUT2D eigenvalue weighted by molar-refractivity contribution is -0.271. The molecule has 0 unspecified atom stereocenters. The Morgan fingerprint density at radius 2 is 1.40 bits per heavy atom. The SMILES string of the molecule is O=S(=O)(OC(F)(F)F)c1c(Cl)c(Cl)c(CBr)c(Cl)c1Cl. The van der Waals surface area contributed by atoms with Crippen molar-refractivity contribution >= 4 is 72.5 Å². The second-order valence-electron chi connectivity index (χ2n) is 3.18. The average Bonchev–Trinajstić information content (AvgIpc) is 2.24. The molecule has 0 fully saturated rings. The van der Waals surface area contributed by atoms with Gasteiger partial charge in [0.1, 0.15) is 4.90 Å². The highest BCUT2D eigenvalue weighted by Gasteiger charge is 2.41. The monoisotopic (exact) mass is 454 g/mol. The number of hydrogen-bond donors (Lipinski definition) is 0. The predicted molar refractivity (Wildman–Crippen MR) is 73.4 cm³/mol. The Bertz CT molecular complexity index is 618. The first kappa shape index (κ1) is 18.6. The quantitative estimate of drug-likeness (QED) is 0.346. The summed E-state index contributed by atoms with van der Waals surface area (Å²) < 4.78 is 62.4. The minimum Gasteiger partial charge on any atom is -0.194 e. The van der Waals surface area contributed by atoms with Crippen molar-refractivity contribution in [2.75, 3.05) is 0 Å². The molecule has 1 rings (SSSR count). The molecule has 0 heterocycles. The third-order valence-corrected chi connectivity index (χ3v) is 5.79. The van der Waals surface area contributed by atoms with Crippen molar-refractivity contribution in [3.63, 3.8) is 0 Å². The summed E-state index contributed by atoms with van der Waals surface area (Å²) in [6, 6.07) is 0. The van der Waals surface area contributed by atoms with Crippen LogP contribution in [0, 0.1) is 0 Å². The third-order valence-electron chi connectivity index (χ3n) is 1.90. The highest BCUT2D eigenvalue weighted by molar-refractivity contribution is 9.08. The molecular formula is C8H2BrCl4F3O3S. The Balaban J connectivity index is 3.64. The lowest BCUT2D eigenvalue weighted by Crippen LogP contribution is -2.20. The van der Waals surface area contributed by atoms with E-state index in [0.29, 0.717) is 0 Å². The van der Waals surface area contributed by atoms with Crippen molar-refractivity contribution in [3.05, 3.63) is 25.7 Å². The molecule has 0 N–H and O–H groups in total. The van der Waals surface area contributed by atoms with Crippen molar-refractivity contribution in [2.45, 2.75) is 16.6 Å². The second-order valence-corrected chi connectivity index (χ2v) is 6.74. The molecule has 1 aromatic rings. The number of benzene rings is 1. The van der Waals surface area contributed by atoms with Gasteiger partial charge in [-0.05, 0) is 0 Å². The molecule has 3 nitrogen and oxygen atoms in total. The first-order valence-electron chi connectivity index (χ1n) is 4.35. The zero-order valence-corrected chi connectivity index (χ0v) is 14.3. The topological polar surface area (TPSA) is 43.4 Å². The summed E-state index contributed by atoms with van der Waals surface area (Å²) in [6.07, 6.45) is -5.45. The molecule has 114 valence electrons. The molecule has 0 aliphatic rings. The van der Waals surface area contributed by atoms with E-state index >= 15 is 0 Å². The Morgan fingerprint density at radius 3 is 1.70 bits per heavy atom. The fraction of sp³-hybridized carbons (Fsp3) is 0.250. The zero-order valence-electron chi connectivity index (χ0n) is 8.86. The molecule has 1 aromatic carbocycles. The van der Waals surface area contributed by atoms with Crippen LogP contribution in [-0.4, -0.2) is 14.8 Å². The van der Waals surface area contributed by atoms with Crippen LogP contribution >= 0.6 is 62.3 Å². The predicted octanol–water partition coefficient (Wildman–Crippen LogP) is 5.42. The molecular weight excluding hydrogens is 455 g/mol. The van der Waals surface area contributed by atoms with Gasteiger partial charge in [-0.3, -0.25) is 0 Å². The van der Waals surface area contributed by atoms with Gasteiger partial charge in [0.25, 0.3) is 0 Å². The summed E-state index contributed by atoms with van der Waals surface area (Å²) in [4.78, 5) is -1.14. The molecule has 0 aliphatic carbocycles. The largest absolute Gasteiger partial charge is 0.537 e. The standard InChI is InChI=1S/C8H2BrCl4F3O3S/c9-1-2-3(10)5(12)7(6(13)4(2)11)20(17,18)19-8(14,15)16/h1H2. The van der Waals surface area contributed by atoms with Gasteiger partial charge in [-0.1, -0.05) is 62.3 Å². The first-order valence-corrected chi connectivity index (χ1v) is 8.39. The average molecular weight is 457 g/mol. The lowest BCUT2D eigenvalue weighted by atomic mass is 10.2. The molecule has 0 saturated carbocycles. The van der Waals surface area contributed by atoms with Crippen LogP contribution in [0.2, 0.25) is 20.1 Å². The molecule has 0 aromatic heterocycles. The highest BCUT2D eigenvalue weighted by atomic mass is 79.9. The summed E-state index contributed by atoms with van der Waals surface area (Å²) in [5, 5.41) is -2.05. The van der Waals surface area contributed by atoms with Gasteiger partial charge < -0.3 is 0 Å². The smallest absolute Gasteiger partial charge is 0.194 e. The highest BCUT2D eigenvalue weighted by Crippen LogP contribution is 2.45. The fourth-order valence-corrected chi connectivity index (χ4v) is 4.72. The van der Waals surface area contributed by atoms with E-state index in [0.717, 1.165) is 0 Å². The summed E-state index contributed by atoms with van der Waals surface area (Å²) in [5.41, 5.74) is 0.134. The number of rotatable bonds is 3. The number of alkyl halides is 4. The molecule has 0 saturated heterocycles. The fourth-order valence-electron chi connectivity index (χ4n) is 1.16. The van der Waals surface area contributed by atoms with Gasteiger partial charge in [0.15, 0.2) is 0 Å². The summed E-state index contributed by atoms with van der Waals surface area (Å²) >= 11 is 25.8. The van der Waals surface area contributed by atoms with E-state index in [2.05, 4.69) is 20.1 Å². The molecule has 0 radical (unpaired) electrons. The van der Waals surface area contributed by atoms with Crippen LogP contribution in [0.4, 0.5) is 13.2 Å². The van der Waals surface area contributed by atoms with E-state index in [1.165, 1.54) is 0 Å². The molecule has 0 amide bonds. The summed E-state index contributed by atoms with van der Waals surface area (Å²) in [7, 11) is -5.32. The minimum absolute atomic E-state index is 0.0601. The van der Waals surface area contributed by atoms with Gasteiger partial charge in [0.05, 0.1) is 20.1 Å². The van der Waals surface area contributed by atoms with Crippen molar-refractivity contribution in [2.24, 2.45) is 0 Å². The Hall–Kier alpha value is 0.560. The van der Waals surface area contributed by atoms with Crippen molar-refractivity contribution in [3.8, 4) is 0 Å². The van der Waals surface area contributed by atoms with Crippen LogP contribution in [0.15, 0.2) is 4.90 Å². The number of hydrogen-bond acceptors (Lipinski definition) is 3. The van der Waals surface area contributed by atoms with Crippen LogP contribution in [0.3, 0.4) is 0 Å². The Labute approximate surface area is 140 Å². The van der Waals surface area contributed by atoms with E-state index in [4.69, 9.17) is 46.4 Å². The maximum atomic E-state index is 12.1. The van der Waals surface area contributed by atoms with Gasteiger partial charge in [0.2, 0.25) is 0 Å². The summed E-state index contributed by atoms with van der Waals surface area (Å²) in [5.74, 6) is 0. The number of halogens is 8. The van der Waals surface area contributed by atoms with Crippen LogP contribution < -0.4 is 0 Å². The lowest BCUT2D eigenvalue weighted by Gasteiger charge is -2.15. The molecule has 12 heteroatoms. The van der Waals surface area contributed by atoms with Gasteiger partial charge >= 0.3 is 16.5 Å². The molecule has 0 bridgehead atoms. The van der Waals surface area contributed by atoms with Crippen LogP contribution in [0.5, 0.6) is 0 Å². The molecule has 20 heavy (non-hydrogen) atoms. The Kier molecular flexibility index (Phi) is 5.91. The van der Waals surface area contributed by atoms with Gasteiger partial charge in [-0.15, -0.1) is 13.2 Å². The maximum Gasteiger partial charge on any atom is 0.537 e. The van der Waals surface area contributed by atoms with E-state index in [1.807, 2.05) is 0 Å². The van der Waals surface area contributed by atoms with Crippen molar-refractivity contribution in [1.29, 1.82) is 0 Å². The van der Waals surface area contributed by atoms with Crippen LogP contribution in [0.25, 0.3) is 0 Å². The molecule has 0 aliphatic heterocycles. The van der Waals surface area contributed by atoms with Gasteiger partial charge in [-0.25, -0.2) is 0 Å². The second kappa shape index (κ2) is 6.36. The summed E-state index contributed by atoms with van der Waals surface area (Å²) in [6.45, 7) is 0. The van der Waals surface area contributed by atoms with Crippen LogP contribution in [0.1, 0.15) is 5.56 Å². The zero-order chi connectivity index (χ0) is 15.9. The van der Waals surface area contributed by atoms with Gasteiger partial charge in [0, 0.05) is 10.9 Å². The van der Waals surface area contributed by atoms with Crippen LogP contribution in [-0.2, 0) is 19.6 Å². The van der Waals surface area contributed by atoms with E-state index in [9.17, 15) is 21.6 Å². The van der Waals surface area contributed by atoms with E-state index in [1.54, 1.807) is 0 Å². The van der Waals surface area contributed by atoms with Crippen molar-refractivity contribution < 1.29 is 25.8 Å². The maximum absolute atomic E-state index is 12.1. The van der Waals surface area contributed by atoms with Crippen molar-refractivity contribution in [1.82, 2.24) is 0 Å². The normalized spacial score (nSPS) is 12.8. The Morgan fingerprint density at radius 1 is 1.00 bits per heavy atom. The molecule has 0 spiro atoms. The minimum atomic E-state index is -5.45. The first-order chi connectivity index (χ1) is 8.92. The molecule has 0 atom stereocenters.